The number of amides is 2. The Kier molecular flexibility index (Phi) is 7.54. The SMILES string of the molecule is C#CCN(Cc1ccc(C)cc1)C(=O)NCc1ccc(N2CC(C)OC(C)C2)c(F)c1. The fourth-order valence-electron chi connectivity index (χ4n) is 3.80. The number of carbonyl (C=O) groups excluding carboxylic acids is 1. The molecule has 1 heterocycles. The van der Waals surface area contributed by atoms with E-state index in [-0.39, 0.29) is 37.1 Å². The van der Waals surface area contributed by atoms with Gasteiger partial charge in [-0.3, -0.25) is 0 Å². The normalized spacial score (nSPS) is 18.4. The number of hydrogen-bond donors (Lipinski definition) is 1. The summed E-state index contributed by atoms with van der Waals surface area (Å²) in [5.41, 5.74) is 3.41. The van der Waals surface area contributed by atoms with E-state index >= 15 is 0 Å². The Morgan fingerprint density at radius 2 is 1.84 bits per heavy atom. The minimum atomic E-state index is -0.298. The van der Waals surface area contributed by atoms with Gasteiger partial charge in [0, 0.05) is 26.2 Å². The number of rotatable bonds is 6. The van der Waals surface area contributed by atoms with Crippen LogP contribution in [-0.4, -0.2) is 42.8 Å². The van der Waals surface area contributed by atoms with E-state index in [4.69, 9.17) is 11.2 Å². The maximum atomic E-state index is 14.8. The molecule has 1 fully saturated rings. The average Bonchev–Trinajstić information content (AvgIpc) is 2.72. The van der Waals surface area contributed by atoms with E-state index in [0.717, 1.165) is 11.1 Å². The Balaban J connectivity index is 1.61. The summed E-state index contributed by atoms with van der Waals surface area (Å²) in [4.78, 5) is 16.2. The summed E-state index contributed by atoms with van der Waals surface area (Å²) in [5, 5.41) is 2.85. The number of aryl methyl sites for hydroxylation is 1. The number of anilines is 1. The first kappa shape index (κ1) is 22.6. The van der Waals surface area contributed by atoms with Gasteiger partial charge in [0.1, 0.15) is 5.82 Å². The van der Waals surface area contributed by atoms with Crippen molar-refractivity contribution in [1.82, 2.24) is 10.2 Å². The number of benzene rings is 2. The highest BCUT2D eigenvalue weighted by Gasteiger charge is 2.24. The molecule has 1 saturated heterocycles. The average molecular weight is 424 g/mol. The Labute approximate surface area is 184 Å². The zero-order valence-electron chi connectivity index (χ0n) is 18.4. The van der Waals surface area contributed by atoms with Crippen LogP contribution in [0.3, 0.4) is 0 Å². The van der Waals surface area contributed by atoms with E-state index in [1.165, 1.54) is 6.07 Å². The minimum absolute atomic E-state index is 0.0535. The highest BCUT2D eigenvalue weighted by Crippen LogP contribution is 2.24. The number of nitrogens with one attached hydrogen (secondary N) is 1. The molecule has 0 aliphatic carbocycles. The van der Waals surface area contributed by atoms with E-state index < -0.39 is 0 Å². The van der Waals surface area contributed by atoms with Gasteiger partial charge in [0.15, 0.2) is 0 Å². The summed E-state index contributed by atoms with van der Waals surface area (Å²) in [5.74, 6) is 2.23. The van der Waals surface area contributed by atoms with Crippen molar-refractivity contribution < 1.29 is 13.9 Å². The van der Waals surface area contributed by atoms with Gasteiger partial charge in [-0.05, 0) is 44.0 Å². The predicted octanol–water partition coefficient (Wildman–Crippen LogP) is 4.09. The Hall–Kier alpha value is -3.04. The molecular weight excluding hydrogens is 393 g/mol. The smallest absolute Gasteiger partial charge is 0.318 e. The Bertz CT molecular complexity index is 929. The van der Waals surface area contributed by atoms with Gasteiger partial charge in [-0.15, -0.1) is 6.42 Å². The van der Waals surface area contributed by atoms with E-state index in [9.17, 15) is 9.18 Å². The summed E-state index contributed by atoms with van der Waals surface area (Å²) in [6.45, 7) is 8.12. The van der Waals surface area contributed by atoms with Crippen LogP contribution in [0.4, 0.5) is 14.9 Å². The third-order valence-corrected chi connectivity index (χ3v) is 5.28. The summed E-state index contributed by atoms with van der Waals surface area (Å²) in [7, 11) is 0. The third kappa shape index (κ3) is 6.22. The predicted molar refractivity (Wildman–Crippen MR) is 121 cm³/mol. The second-order valence-corrected chi connectivity index (χ2v) is 8.15. The van der Waals surface area contributed by atoms with Crippen LogP contribution >= 0.6 is 0 Å². The molecule has 5 nitrogen and oxygen atoms in total. The second-order valence-electron chi connectivity index (χ2n) is 8.15. The standard InChI is InChI=1S/C25H30FN3O2/c1-5-12-28(17-21-8-6-18(2)7-9-21)25(30)27-14-22-10-11-24(23(26)13-22)29-15-19(3)31-20(4)16-29/h1,6-11,13,19-20H,12,14-17H2,2-4H3,(H,27,30). The van der Waals surface area contributed by atoms with Crippen molar-refractivity contribution in [3.05, 3.63) is 65.0 Å². The van der Waals surface area contributed by atoms with Crippen molar-refractivity contribution in [1.29, 1.82) is 0 Å². The fraction of sp³-hybridized carbons (Fsp3) is 0.400. The summed E-state index contributed by atoms with van der Waals surface area (Å²) in [6, 6.07) is 12.8. The third-order valence-electron chi connectivity index (χ3n) is 5.28. The molecule has 0 bridgehead atoms. The number of hydrogen-bond acceptors (Lipinski definition) is 3. The molecule has 1 aliphatic heterocycles. The lowest BCUT2D eigenvalue weighted by molar-refractivity contribution is -0.00539. The van der Waals surface area contributed by atoms with Crippen molar-refractivity contribution in [2.45, 2.75) is 46.1 Å². The molecule has 0 spiro atoms. The molecular formula is C25H30FN3O2. The van der Waals surface area contributed by atoms with Crippen LogP contribution in [0.1, 0.15) is 30.5 Å². The van der Waals surface area contributed by atoms with Crippen LogP contribution in [0, 0.1) is 25.1 Å². The van der Waals surface area contributed by atoms with Crippen molar-refractivity contribution in [2.75, 3.05) is 24.5 Å². The Morgan fingerprint density at radius 3 is 2.45 bits per heavy atom. The lowest BCUT2D eigenvalue weighted by atomic mass is 10.1. The van der Waals surface area contributed by atoms with Gasteiger partial charge in [0.25, 0.3) is 0 Å². The van der Waals surface area contributed by atoms with Crippen LogP contribution in [0.2, 0.25) is 0 Å². The number of urea groups is 1. The number of morpholine rings is 1. The molecule has 1 N–H and O–H groups in total. The first-order valence-electron chi connectivity index (χ1n) is 10.6. The summed E-state index contributed by atoms with van der Waals surface area (Å²) < 4.78 is 20.5. The van der Waals surface area contributed by atoms with Gasteiger partial charge in [-0.2, -0.15) is 0 Å². The lowest BCUT2D eigenvalue weighted by Crippen LogP contribution is -2.45. The van der Waals surface area contributed by atoms with Crippen LogP contribution in [0.5, 0.6) is 0 Å². The summed E-state index contributed by atoms with van der Waals surface area (Å²) in [6.07, 6.45) is 5.55. The number of halogens is 1. The van der Waals surface area contributed by atoms with Gasteiger partial charge < -0.3 is 19.9 Å². The Morgan fingerprint density at radius 1 is 1.19 bits per heavy atom. The van der Waals surface area contributed by atoms with Crippen LogP contribution in [-0.2, 0) is 17.8 Å². The van der Waals surface area contributed by atoms with E-state index in [1.807, 2.05) is 56.0 Å². The molecule has 2 atom stereocenters. The molecule has 0 aromatic heterocycles. The van der Waals surface area contributed by atoms with Crippen LogP contribution < -0.4 is 10.2 Å². The molecule has 31 heavy (non-hydrogen) atoms. The van der Waals surface area contributed by atoms with Crippen molar-refractivity contribution in [3.63, 3.8) is 0 Å². The van der Waals surface area contributed by atoms with Gasteiger partial charge in [0.2, 0.25) is 0 Å². The maximum Gasteiger partial charge on any atom is 0.318 e. The van der Waals surface area contributed by atoms with Gasteiger partial charge in [-0.1, -0.05) is 41.8 Å². The molecule has 1 aliphatic rings. The lowest BCUT2D eigenvalue weighted by Gasteiger charge is -2.37. The monoisotopic (exact) mass is 423 g/mol. The zero-order valence-corrected chi connectivity index (χ0v) is 18.4. The molecule has 164 valence electrons. The molecule has 0 saturated carbocycles. The maximum absolute atomic E-state index is 14.8. The molecule has 2 amide bonds. The molecule has 6 heteroatoms. The largest absolute Gasteiger partial charge is 0.372 e. The summed E-state index contributed by atoms with van der Waals surface area (Å²) >= 11 is 0. The molecule has 2 aromatic carbocycles. The highest BCUT2D eigenvalue weighted by molar-refractivity contribution is 5.74. The number of nitrogens with zero attached hydrogens (tertiary/aromatic N) is 2. The molecule has 3 rings (SSSR count). The van der Waals surface area contributed by atoms with Gasteiger partial charge in [0.05, 0.1) is 24.4 Å². The topological polar surface area (TPSA) is 44.8 Å². The van der Waals surface area contributed by atoms with E-state index in [0.29, 0.717) is 30.9 Å². The van der Waals surface area contributed by atoms with Crippen molar-refractivity contribution in [2.24, 2.45) is 0 Å². The zero-order chi connectivity index (χ0) is 22.4. The number of ether oxygens (including phenoxy) is 1. The van der Waals surface area contributed by atoms with Crippen molar-refractivity contribution in [3.8, 4) is 12.3 Å². The molecule has 2 aromatic rings. The van der Waals surface area contributed by atoms with Gasteiger partial charge in [-0.25, -0.2) is 9.18 Å². The van der Waals surface area contributed by atoms with Crippen molar-refractivity contribution >= 4 is 11.7 Å². The second kappa shape index (κ2) is 10.3. The van der Waals surface area contributed by atoms with Crippen LogP contribution in [0.15, 0.2) is 42.5 Å². The first-order chi connectivity index (χ1) is 14.9. The van der Waals surface area contributed by atoms with E-state index in [2.05, 4.69) is 11.2 Å². The minimum Gasteiger partial charge on any atom is -0.372 e. The van der Waals surface area contributed by atoms with Crippen LogP contribution in [0.25, 0.3) is 0 Å². The molecule has 0 radical (unpaired) electrons. The first-order valence-corrected chi connectivity index (χ1v) is 10.6. The van der Waals surface area contributed by atoms with Gasteiger partial charge >= 0.3 is 6.03 Å². The highest BCUT2D eigenvalue weighted by atomic mass is 19.1. The number of carbonyl (C=O) groups is 1. The quantitative estimate of drug-likeness (QED) is 0.712. The van der Waals surface area contributed by atoms with E-state index in [1.54, 1.807) is 11.0 Å². The number of terminal acetylenes is 1. The molecule has 2 unspecified atom stereocenters. The fourth-order valence-corrected chi connectivity index (χ4v) is 3.80.